The van der Waals surface area contributed by atoms with E-state index in [1.807, 2.05) is 0 Å². The molecule has 0 radical (unpaired) electrons. The van der Waals surface area contributed by atoms with Crippen LogP contribution in [0.2, 0.25) is 0 Å². The average Bonchev–Trinajstić information content (AvgIpc) is 2.33. The van der Waals surface area contributed by atoms with Crippen LogP contribution >= 0.6 is 34.2 Å². The van der Waals surface area contributed by atoms with Crippen LogP contribution < -0.4 is 11.5 Å². The molecule has 0 saturated heterocycles. The molecule has 6 N–H and O–H groups in total. The molecule has 0 spiro atoms. The maximum absolute atomic E-state index is 10.7. The van der Waals surface area contributed by atoms with E-state index in [1.165, 1.54) is 21.6 Å². The molecule has 0 amide bonds. The molecular formula is C10H20N2O4S3. The van der Waals surface area contributed by atoms with E-state index >= 15 is 0 Å². The number of hydrogen-bond donors (Lipinski definition) is 5. The highest BCUT2D eigenvalue weighted by molar-refractivity contribution is 8.76. The molecule has 0 aromatic heterocycles. The lowest BCUT2D eigenvalue weighted by atomic mass is 10.1. The number of hydrogen-bond acceptors (Lipinski definition) is 7. The van der Waals surface area contributed by atoms with Gasteiger partial charge in [0.25, 0.3) is 0 Å². The van der Waals surface area contributed by atoms with Gasteiger partial charge in [0.1, 0.15) is 12.1 Å². The van der Waals surface area contributed by atoms with Gasteiger partial charge in [-0.15, -0.1) is 0 Å². The fourth-order valence-corrected chi connectivity index (χ4v) is 4.48. The molecule has 0 aliphatic carbocycles. The maximum atomic E-state index is 10.7. The number of nitrogens with two attached hydrogens (primary N) is 2. The number of carbonyl (C=O) groups is 2. The van der Waals surface area contributed by atoms with Gasteiger partial charge in [-0.1, -0.05) is 21.6 Å². The summed E-state index contributed by atoms with van der Waals surface area (Å²) in [6.45, 7) is 0. The molecule has 0 fully saturated rings. The molecule has 3 atom stereocenters. The van der Waals surface area contributed by atoms with Gasteiger partial charge < -0.3 is 21.7 Å². The Hall–Kier alpha value is -0.0900. The maximum Gasteiger partial charge on any atom is 0.320 e. The van der Waals surface area contributed by atoms with Crippen LogP contribution in [0, 0.1) is 0 Å². The Labute approximate surface area is 125 Å². The van der Waals surface area contributed by atoms with Gasteiger partial charge in [0.15, 0.2) is 0 Å². The molecule has 0 aliphatic rings. The largest absolute Gasteiger partial charge is 0.480 e. The van der Waals surface area contributed by atoms with Gasteiger partial charge >= 0.3 is 11.9 Å². The molecule has 1 unspecified atom stereocenters. The van der Waals surface area contributed by atoms with E-state index < -0.39 is 24.0 Å². The van der Waals surface area contributed by atoms with Crippen molar-refractivity contribution >= 4 is 46.2 Å². The normalized spacial score (nSPS) is 15.7. The second kappa shape index (κ2) is 10.7. The zero-order chi connectivity index (χ0) is 14.8. The fourth-order valence-electron chi connectivity index (χ4n) is 1.18. The van der Waals surface area contributed by atoms with Gasteiger partial charge in [0.2, 0.25) is 0 Å². The van der Waals surface area contributed by atoms with Crippen molar-refractivity contribution in [3.05, 3.63) is 0 Å². The minimum atomic E-state index is -1.01. The minimum absolute atomic E-state index is 0.0923. The van der Waals surface area contributed by atoms with Gasteiger partial charge in [-0.05, 0) is 25.0 Å². The molecule has 0 aromatic carbocycles. The summed E-state index contributed by atoms with van der Waals surface area (Å²) in [6.07, 6.45) is 1.51. The van der Waals surface area contributed by atoms with E-state index in [1.54, 1.807) is 0 Å². The Bertz CT molecular complexity index is 294. The topological polar surface area (TPSA) is 127 Å². The quantitative estimate of drug-likeness (QED) is 0.213. The van der Waals surface area contributed by atoms with Crippen molar-refractivity contribution in [3.8, 4) is 0 Å². The summed E-state index contributed by atoms with van der Waals surface area (Å²) in [7, 11) is 3.01. The highest BCUT2D eigenvalue weighted by Gasteiger charge is 2.19. The Kier molecular flexibility index (Phi) is 10.6. The van der Waals surface area contributed by atoms with Crippen LogP contribution in [0.1, 0.15) is 19.3 Å². The second-order valence-corrected chi connectivity index (χ2v) is 7.20. The zero-order valence-corrected chi connectivity index (χ0v) is 12.9. The Balaban J connectivity index is 3.94. The van der Waals surface area contributed by atoms with Crippen LogP contribution in [0.4, 0.5) is 0 Å². The van der Waals surface area contributed by atoms with Crippen LogP contribution in [-0.4, -0.2) is 51.0 Å². The van der Waals surface area contributed by atoms with Crippen LogP contribution in [0.3, 0.4) is 0 Å². The Morgan fingerprint density at radius 1 is 1.11 bits per heavy atom. The SMILES string of the molecule is N[C@@H](CCSSC(CCS)C[C@H](N)C(=O)O)C(=O)O. The lowest BCUT2D eigenvalue weighted by molar-refractivity contribution is -0.139. The lowest BCUT2D eigenvalue weighted by Gasteiger charge is -2.17. The zero-order valence-electron chi connectivity index (χ0n) is 10.4. The Morgan fingerprint density at radius 3 is 2.16 bits per heavy atom. The predicted molar refractivity (Wildman–Crippen MR) is 82.8 cm³/mol. The first kappa shape index (κ1) is 18.9. The second-order valence-electron chi connectivity index (χ2n) is 3.97. The summed E-state index contributed by atoms with van der Waals surface area (Å²) in [5.74, 6) is -0.768. The minimum Gasteiger partial charge on any atom is -0.480 e. The van der Waals surface area contributed by atoms with Crippen molar-refractivity contribution in [2.45, 2.75) is 36.6 Å². The van der Waals surface area contributed by atoms with E-state index in [9.17, 15) is 9.59 Å². The molecule has 0 saturated carbocycles. The third-order valence-electron chi connectivity index (χ3n) is 2.32. The molecule has 0 heterocycles. The summed E-state index contributed by atoms with van der Waals surface area (Å²) in [6, 6.07) is -1.73. The number of rotatable bonds is 11. The first-order valence-electron chi connectivity index (χ1n) is 5.74. The molecular weight excluding hydrogens is 308 g/mol. The summed E-state index contributed by atoms with van der Waals surface area (Å²) >= 11 is 4.13. The first-order valence-corrected chi connectivity index (χ1v) is 8.75. The van der Waals surface area contributed by atoms with Crippen molar-refractivity contribution in [2.75, 3.05) is 11.5 Å². The monoisotopic (exact) mass is 328 g/mol. The molecule has 6 nitrogen and oxygen atoms in total. The smallest absolute Gasteiger partial charge is 0.320 e. The van der Waals surface area contributed by atoms with Gasteiger partial charge in [-0.2, -0.15) is 12.6 Å². The average molecular weight is 328 g/mol. The molecule has 0 aromatic rings. The Morgan fingerprint density at radius 2 is 1.68 bits per heavy atom. The van der Waals surface area contributed by atoms with Crippen LogP contribution in [-0.2, 0) is 9.59 Å². The number of aliphatic carboxylic acids is 2. The van der Waals surface area contributed by atoms with Crippen LogP contribution in [0.5, 0.6) is 0 Å². The van der Waals surface area contributed by atoms with Crippen molar-refractivity contribution in [2.24, 2.45) is 11.5 Å². The van der Waals surface area contributed by atoms with Crippen molar-refractivity contribution in [3.63, 3.8) is 0 Å². The van der Waals surface area contributed by atoms with Gasteiger partial charge in [-0.25, -0.2) is 0 Å². The summed E-state index contributed by atoms with van der Waals surface area (Å²) in [5, 5.41) is 17.5. The van der Waals surface area contributed by atoms with Crippen LogP contribution in [0.15, 0.2) is 0 Å². The molecule has 9 heteroatoms. The highest BCUT2D eigenvalue weighted by atomic mass is 33.1. The van der Waals surface area contributed by atoms with Crippen molar-refractivity contribution < 1.29 is 19.8 Å². The van der Waals surface area contributed by atoms with E-state index in [0.29, 0.717) is 24.3 Å². The van der Waals surface area contributed by atoms with E-state index in [2.05, 4.69) is 12.6 Å². The number of carboxylic acid groups (broad SMARTS) is 2. The molecule has 0 bridgehead atoms. The predicted octanol–water partition coefficient (Wildman–Crippen LogP) is 0.660. The lowest BCUT2D eigenvalue weighted by Crippen LogP contribution is -2.33. The van der Waals surface area contributed by atoms with E-state index in [0.717, 1.165) is 6.42 Å². The standard InChI is InChI=1S/C10H20N2O4S3/c11-7(9(13)14)2-4-18-19-6(1-3-17)5-8(12)10(15)16/h6-8,17H,1-5,11-12H2,(H,13,14)(H,15,16)/t6?,7-,8-/m0/s1. The summed E-state index contributed by atoms with van der Waals surface area (Å²) in [5.41, 5.74) is 10.9. The third kappa shape index (κ3) is 9.44. The van der Waals surface area contributed by atoms with Crippen LogP contribution in [0.25, 0.3) is 0 Å². The van der Waals surface area contributed by atoms with Crippen molar-refractivity contribution in [1.29, 1.82) is 0 Å². The molecule has 112 valence electrons. The molecule has 0 rings (SSSR count). The van der Waals surface area contributed by atoms with Gasteiger partial charge in [0.05, 0.1) is 0 Å². The number of thiol groups is 1. The molecule has 19 heavy (non-hydrogen) atoms. The fraction of sp³-hybridized carbons (Fsp3) is 0.800. The summed E-state index contributed by atoms with van der Waals surface area (Å²) < 4.78 is 0. The van der Waals surface area contributed by atoms with Crippen molar-refractivity contribution in [1.82, 2.24) is 0 Å². The van der Waals surface area contributed by atoms with Gasteiger partial charge in [-0.3, -0.25) is 9.59 Å². The highest BCUT2D eigenvalue weighted by Crippen LogP contribution is 2.32. The third-order valence-corrected chi connectivity index (χ3v) is 5.54. The first-order chi connectivity index (χ1) is 8.88. The summed E-state index contributed by atoms with van der Waals surface area (Å²) in [4.78, 5) is 21.2. The number of carboxylic acids is 2. The van der Waals surface area contributed by atoms with E-state index in [-0.39, 0.29) is 5.25 Å². The molecule has 0 aliphatic heterocycles. The van der Waals surface area contributed by atoms with E-state index in [4.69, 9.17) is 21.7 Å². The van der Waals surface area contributed by atoms with Gasteiger partial charge in [0, 0.05) is 11.0 Å².